The zero-order valence-electron chi connectivity index (χ0n) is 10.3. The molecule has 0 aliphatic carbocycles. The number of halogens is 4. The molecule has 2 aromatic rings. The highest BCUT2D eigenvalue weighted by atomic mass is 79.9. The highest BCUT2D eigenvalue weighted by Crippen LogP contribution is 2.30. The number of anilines is 1. The number of rotatable bonds is 2. The molecule has 6 heteroatoms. The quantitative estimate of drug-likeness (QED) is 0.741. The highest BCUT2D eigenvalue weighted by molar-refractivity contribution is 9.10. The summed E-state index contributed by atoms with van der Waals surface area (Å²) in [5.41, 5.74) is 1.43. The first-order chi connectivity index (χ1) is 9.40. The van der Waals surface area contributed by atoms with Crippen LogP contribution in [0.15, 0.2) is 34.8 Å². The smallest absolute Gasteiger partial charge is 0.257 e. The minimum Gasteiger partial charge on any atom is -0.321 e. The van der Waals surface area contributed by atoms with Gasteiger partial charge in [-0.15, -0.1) is 0 Å². The molecule has 0 aliphatic heterocycles. The predicted molar refractivity (Wildman–Crippen MR) is 83.3 cm³/mol. The second-order valence-corrected chi connectivity index (χ2v) is 5.78. The third kappa shape index (κ3) is 3.14. The molecule has 0 saturated carbocycles. The molecule has 104 valence electrons. The van der Waals surface area contributed by atoms with Crippen LogP contribution in [-0.2, 0) is 0 Å². The Kier molecular flexibility index (Phi) is 4.68. The molecule has 2 nitrogen and oxygen atoms in total. The Hall–Kier alpha value is -1.10. The van der Waals surface area contributed by atoms with Crippen molar-refractivity contribution < 1.29 is 9.18 Å². The Balaban J connectivity index is 2.33. The van der Waals surface area contributed by atoms with E-state index >= 15 is 0 Å². The molecular formula is C14H9BrCl2FNO. The molecule has 0 atom stereocenters. The third-order valence-corrected chi connectivity index (χ3v) is 4.14. The van der Waals surface area contributed by atoms with Gasteiger partial charge in [0.15, 0.2) is 0 Å². The lowest BCUT2D eigenvalue weighted by molar-refractivity contribution is 0.102. The van der Waals surface area contributed by atoms with Crippen LogP contribution in [0.3, 0.4) is 0 Å². The first-order valence-electron chi connectivity index (χ1n) is 5.61. The van der Waals surface area contributed by atoms with Crippen LogP contribution in [-0.4, -0.2) is 5.91 Å². The van der Waals surface area contributed by atoms with Crippen LogP contribution in [0.25, 0.3) is 0 Å². The Morgan fingerprint density at radius 2 is 2.00 bits per heavy atom. The molecule has 2 rings (SSSR count). The Morgan fingerprint density at radius 3 is 2.70 bits per heavy atom. The van der Waals surface area contributed by atoms with Gasteiger partial charge in [-0.25, -0.2) is 4.39 Å². The van der Waals surface area contributed by atoms with Crippen molar-refractivity contribution >= 4 is 50.7 Å². The van der Waals surface area contributed by atoms with E-state index in [1.165, 1.54) is 18.2 Å². The van der Waals surface area contributed by atoms with E-state index < -0.39 is 11.7 Å². The third-order valence-electron chi connectivity index (χ3n) is 2.69. The molecule has 0 fully saturated rings. The van der Waals surface area contributed by atoms with Gasteiger partial charge in [0.25, 0.3) is 5.91 Å². The second-order valence-electron chi connectivity index (χ2n) is 4.14. The molecule has 0 unspecified atom stereocenters. The molecule has 1 N–H and O–H groups in total. The van der Waals surface area contributed by atoms with Gasteiger partial charge in [0, 0.05) is 9.50 Å². The van der Waals surface area contributed by atoms with Crippen LogP contribution < -0.4 is 5.32 Å². The summed E-state index contributed by atoms with van der Waals surface area (Å²) in [7, 11) is 0. The molecule has 0 aliphatic rings. The van der Waals surface area contributed by atoms with Gasteiger partial charge >= 0.3 is 0 Å². The van der Waals surface area contributed by atoms with E-state index in [0.29, 0.717) is 15.2 Å². The zero-order chi connectivity index (χ0) is 14.9. The number of carbonyl (C=O) groups is 1. The highest BCUT2D eigenvalue weighted by Gasteiger charge is 2.15. The lowest BCUT2D eigenvalue weighted by Crippen LogP contribution is -2.13. The zero-order valence-corrected chi connectivity index (χ0v) is 13.4. The second kappa shape index (κ2) is 6.12. The molecule has 2 aromatic carbocycles. The van der Waals surface area contributed by atoms with Crippen LogP contribution >= 0.6 is 39.1 Å². The average molecular weight is 377 g/mol. The Morgan fingerprint density at radius 1 is 1.30 bits per heavy atom. The molecule has 20 heavy (non-hydrogen) atoms. The molecule has 1 amide bonds. The number of benzene rings is 2. The van der Waals surface area contributed by atoms with Gasteiger partial charge in [0.2, 0.25) is 0 Å². The summed E-state index contributed by atoms with van der Waals surface area (Å²) in [4.78, 5) is 12.1. The summed E-state index contributed by atoms with van der Waals surface area (Å²) in [6.45, 7) is 1.85. The molecule has 0 spiro atoms. The van der Waals surface area contributed by atoms with Crippen LogP contribution in [0.4, 0.5) is 10.1 Å². The molecular weight excluding hydrogens is 368 g/mol. The first-order valence-corrected chi connectivity index (χ1v) is 7.16. The van der Waals surface area contributed by atoms with Crippen molar-refractivity contribution in [2.75, 3.05) is 5.32 Å². The standard InChI is InChI=1S/C14H9BrCl2FNO/c1-7-5-9(15)12(6-10(7)16)19-14(20)8-3-2-4-11(18)13(8)17/h2-6H,1H3,(H,19,20). The number of carbonyl (C=O) groups excluding carboxylic acids is 1. The largest absolute Gasteiger partial charge is 0.321 e. The normalized spacial score (nSPS) is 10.4. The lowest BCUT2D eigenvalue weighted by atomic mass is 10.2. The topological polar surface area (TPSA) is 29.1 Å². The maximum Gasteiger partial charge on any atom is 0.257 e. The fourth-order valence-corrected chi connectivity index (χ4v) is 2.54. The van der Waals surface area contributed by atoms with E-state index in [1.807, 2.05) is 6.92 Å². The monoisotopic (exact) mass is 375 g/mol. The number of nitrogens with one attached hydrogen (secondary N) is 1. The van der Waals surface area contributed by atoms with E-state index in [1.54, 1.807) is 12.1 Å². The van der Waals surface area contributed by atoms with E-state index in [-0.39, 0.29) is 10.6 Å². The predicted octanol–water partition coefficient (Wildman–Crippen LogP) is 5.46. The van der Waals surface area contributed by atoms with Gasteiger partial charge in [0.05, 0.1) is 16.3 Å². The fourth-order valence-electron chi connectivity index (χ4n) is 1.61. The van der Waals surface area contributed by atoms with Gasteiger partial charge in [0.1, 0.15) is 5.82 Å². The Labute approximate surface area is 134 Å². The van der Waals surface area contributed by atoms with Crippen molar-refractivity contribution in [3.8, 4) is 0 Å². The van der Waals surface area contributed by atoms with Crippen LogP contribution in [0.2, 0.25) is 10.0 Å². The number of aryl methyl sites for hydroxylation is 1. The van der Waals surface area contributed by atoms with Crippen molar-refractivity contribution in [2.24, 2.45) is 0 Å². The summed E-state index contributed by atoms with van der Waals surface area (Å²) in [5.74, 6) is -1.14. The van der Waals surface area contributed by atoms with E-state index in [9.17, 15) is 9.18 Å². The summed E-state index contributed by atoms with van der Waals surface area (Å²) >= 11 is 15.1. The van der Waals surface area contributed by atoms with Crippen molar-refractivity contribution in [2.45, 2.75) is 6.92 Å². The van der Waals surface area contributed by atoms with Crippen LogP contribution in [0, 0.1) is 12.7 Å². The van der Waals surface area contributed by atoms with Gasteiger partial charge in [-0.3, -0.25) is 4.79 Å². The Bertz CT molecular complexity index is 691. The molecule has 0 radical (unpaired) electrons. The molecule has 0 bridgehead atoms. The summed E-state index contributed by atoms with van der Waals surface area (Å²) < 4.78 is 14.0. The fraction of sp³-hybridized carbons (Fsp3) is 0.0714. The number of amides is 1. The average Bonchev–Trinajstić information content (AvgIpc) is 2.39. The number of hydrogen-bond acceptors (Lipinski definition) is 1. The van der Waals surface area contributed by atoms with Crippen molar-refractivity contribution in [1.82, 2.24) is 0 Å². The van der Waals surface area contributed by atoms with Gasteiger partial charge < -0.3 is 5.32 Å². The maximum atomic E-state index is 13.3. The van der Waals surface area contributed by atoms with Crippen molar-refractivity contribution in [3.63, 3.8) is 0 Å². The summed E-state index contributed by atoms with van der Waals surface area (Å²) in [5, 5.41) is 2.95. The van der Waals surface area contributed by atoms with Gasteiger partial charge in [-0.1, -0.05) is 29.3 Å². The molecule has 0 aromatic heterocycles. The van der Waals surface area contributed by atoms with Crippen LogP contribution in [0.5, 0.6) is 0 Å². The molecule has 0 heterocycles. The lowest BCUT2D eigenvalue weighted by Gasteiger charge is -2.10. The van der Waals surface area contributed by atoms with E-state index in [0.717, 1.165) is 5.56 Å². The summed E-state index contributed by atoms with van der Waals surface area (Å²) in [6.07, 6.45) is 0. The summed E-state index contributed by atoms with van der Waals surface area (Å²) in [6, 6.07) is 7.46. The first kappa shape index (κ1) is 15.3. The maximum absolute atomic E-state index is 13.3. The van der Waals surface area contributed by atoms with Gasteiger partial charge in [-0.05, 0) is 52.7 Å². The molecule has 0 saturated heterocycles. The number of hydrogen-bond donors (Lipinski definition) is 1. The van der Waals surface area contributed by atoms with Crippen molar-refractivity contribution in [1.29, 1.82) is 0 Å². The van der Waals surface area contributed by atoms with Crippen LogP contribution in [0.1, 0.15) is 15.9 Å². The SMILES string of the molecule is Cc1cc(Br)c(NC(=O)c2cccc(F)c2Cl)cc1Cl. The van der Waals surface area contributed by atoms with Gasteiger partial charge in [-0.2, -0.15) is 0 Å². The minimum atomic E-state index is -0.639. The van der Waals surface area contributed by atoms with E-state index in [2.05, 4.69) is 21.2 Å². The minimum absolute atomic E-state index is 0.0651. The van der Waals surface area contributed by atoms with E-state index in [4.69, 9.17) is 23.2 Å². The van der Waals surface area contributed by atoms with Crippen molar-refractivity contribution in [3.05, 3.63) is 61.8 Å².